The van der Waals surface area contributed by atoms with Crippen LogP contribution in [0, 0.1) is 23.6 Å². The number of likely N-dealkylation sites (N-methyl/N-ethyl adjacent to an activating group) is 1. The number of aromatic nitrogens is 3. The first-order valence-corrected chi connectivity index (χ1v) is 28.2. The van der Waals surface area contributed by atoms with Crippen molar-refractivity contribution in [3.8, 4) is 34.5 Å². The molecule has 402 valence electrons. The third-order valence-corrected chi connectivity index (χ3v) is 18.9. The number of anilines is 1. The maximum atomic E-state index is 17.4. The molecule has 2 aromatic heterocycles. The van der Waals surface area contributed by atoms with E-state index in [1.165, 1.54) is 24.5 Å². The van der Waals surface area contributed by atoms with Crippen LogP contribution in [0.1, 0.15) is 110 Å². The first kappa shape index (κ1) is 49.9. The van der Waals surface area contributed by atoms with Crippen LogP contribution in [0.15, 0.2) is 72.9 Å². The van der Waals surface area contributed by atoms with E-state index in [1.807, 2.05) is 50.1 Å². The van der Waals surface area contributed by atoms with Gasteiger partial charge in [-0.3, -0.25) is 24.4 Å². The molecular weight excluding hydrogens is 974 g/mol. The van der Waals surface area contributed by atoms with Crippen LogP contribution in [0.3, 0.4) is 0 Å². The molecule has 0 radical (unpaired) electrons. The number of phenolic OH excluding ortho intramolecular Hbond substituents is 3. The van der Waals surface area contributed by atoms with Crippen molar-refractivity contribution < 1.29 is 34.0 Å². The molecule has 0 spiro atoms. The van der Waals surface area contributed by atoms with Gasteiger partial charge in [0.2, 0.25) is 5.91 Å². The fourth-order valence-corrected chi connectivity index (χ4v) is 14.6. The lowest BCUT2D eigenvalue weighted by atomic mass is 9.69. The smallest absolute Gasteiger partial charge is 0.319 e. The second kappa shape index (κ2) is 19.7. The number of rotatable bonds is 11. The lowest BCUT2D eigenvalue weighted by molar-refractivity contribution is -0.137. The second-order valence-electron chi connectivity index (χ2n) is 24.0. The van der Waals surface area contributed by atoms with Crippen LogP contribution in [-0.2, 0) is 24.4 Å². The summed E-state index contributed by atoms with van der Waals surface area (Å²) < 4.78 is 24.1. The summed E-state index contributed by atoms with van der Waals surface area (Å²) in [6, 6.07) is 20.9. The Bertz CT molecular complexity index is 3290. The Balaban J connectivity index is 0.680. The number of piperazine rings is 1. The largest absolute Gasteiger partial charge is 0.508 e. The summed E-state index contributed by atoms with van der Waals surface area (Å²) in [5.74, 6) is 1.24. The van der Waals surface area contributed by atoms with E-state index >= 15 is 4.39 Å². The van der Waals surface area contributed by atoms with E-state index in [0.29, 0.717) is 54.1 Å². The number of nitrogens with zero attached hydrogens (tertiary/aromatic N) is 8. The Morgan fingerprint density at radius 2 is 1.64 bits per heavy atom. The van der Waals surface area contributed by atoms with E-state index in [0.717, 1.165) is 124 Å². The zero-order chi connectivity index (χ0) is 52.9. The lowest BCUT2D eigenvalue weighted by Crippen LogP contribution is -2.56. The van der Waals surface area contributed by atoms with E-state index in [4.69, 9.17) is 19.7 Å². The van der Waals surface area contributed by atoms with Gasteiger partial charge in [0, 0.05) is 88.2 Å². The number of hydrogen-bond acceptors (Lipinski definition) is 13. The number of hydrogen-bond donors (Lipinski definition) is 4. The molecule has 6 atom stereocenters. The quantitative estimate of drug-likeness (QED) is 0.0973. The number of carbonyl (C=O) groups is 2. The van der Waals surface area contributed by atoms with Crippen LogP contribution in [-0.4, -0.2) is 138 Å². The van der Waals surface area contributed by atoms with E-state index < -0.39 is 5.82 Å². The monoisotopic (exact) mass is 1040 g/mol. The van der Waals surface area contributed by atoms with Crippen LogP contribution in [0.4, 0.5) is 10.2 Å². The highest BCUT2D eigenvalue weighted by Crippen LogP contribution is 2.46. The van der Waals surface area contributed by atoms with Crippen molar-refractivity contribution >= 4 is 39.3 Å². The number of ether oxygens (including phenoxy) is 1. The summed E-state index contributed by atoms with van der Waals surface area (Å²) >= 11 is 0. The number of carbonyl (C=O) groups excluding carboxylic acids is 2. The predicted molar refractivity (Wildman–Crippen MR) is 292 cm³/mol. The van der Waals surface area contributed by atoms with Crippen molar-refractivity contribution in [2.75, 3.05) is 57.8 Å². The SMILES string of the molecule is CC(C)c1cc(C(=O)N2Cc3ccc(CN4CCC(C(=O)N(C)[C@H]5CN6CCC[C@@]6(COc6nc(N7CC8CC9CCC9CC(C7)N8)c7cnc(-c8cc(O)cc9ccccc89)c(F)c7n6)C5)CC4)cc3C2)c(O)cc1O. The van der Waals surface area contributed by atoms with Gasteiger partial charge in [-0.05, 0) is 146 Å². The van der Waals surface area contributed by atoms with Gasteiger partial charge in [-0.25, -0.2) is 4.39 Å². The minimum atomic E-state index is -0.578. The molecule has 16 heteroatoms. The number of amides is 2. The number of aromatic hydroxyl groups is 3. The Labute approximate surface area is 449 Å². The van der Waals surface area contributed by atoms with Crippen LogP contribution in [0.25, 0.3) is 32.9 Å². The molecule has 4 unspecified atom stereocenters. The standard InChI is InChI=1S/C61H70FN9O6/c1-35(2)48-24-50(53(74)25-52(48)73)59(76)70-29-41-10-9-36(19-42(41)30-70)28-68-17-13-37(14-18-68)58(75)67(3)45-26-61(15-6-16-71(61)33-45)34-77-60-65-56-51(57(66-60)69-31-43-20-38-11-12-39(38)21-44(32-69)64-43)27-63-55(54(56)62)49-23-46(72)22-40-7-4-5-8-47(40)49/h4-5,7-10,19,22-25,27,35,37-39,43-45,64,72-74H,6,11-18,20-21,26,28-34H2,1-3H3/t38?,39?,43?,44?,45-,61+/m1/s1. The second-order valence-corrected chi connectivity index (χ2v) is 24.0. The zero-order valence-corrected chi connectivity index (χ0v) is 44.4. The maximum absolute atomic E-state index is 17.4. The molecule has 8 heterocycles. The normalized spacial score (nSPS) is 25.4. The highest BCUT2D eigenvalue weighted by molar-refractivity contribution is 6.00. The van der Waals surface area contributed by atoms with Gasteiger partial charge >= 0.3 is 6.01 Å². The molecule has 7 aliphatic rings. The molecule has 5 saturated heterocycles. The Kier molecular flexibility index (Phi) is 12.8. The van der Waals surface area contributed by atoms with Crippen molar-refractivity contribution in [2.45, 2.75) is 121 Å². The number of benzene rings is 4. The van der Waals surface area contributed by atoms with Gasteiger partial charge in [0.05, 0.1) is 16.5 Å². The number of nitrogens with one attached hydrogen (secondary N) is 1. The van der Waals surface area contributed by atoms with Crippen molar-refractivity contribution in [3.63, 3.8) is 0 Å². The minimum absolute atomic E-state index is 0.00317. The number of fused-ring (bicyclic) bond motifs is 7. The highest BCUT2D eigenvalue weighted by atomic mass is 19.1. The number of piperidine rings is 1. The van der Waals surface area contributed by atoms with Gasteiger partial charge in [0.15, 0.2) is 5.82 Å². The minimum Gasteiger partial charge on any atom is -0.508 e. The maximum Gasteiger partial charge on any atom is 0.319 e. The van der Waals surface area contributed by atoms with Gasteiger partial charge in [-0.15, -0.1) is 0 Å². The van der Waals surface area contributed by atoms with Crippen LogP contribution in [0.5, 0.6) is 23.3 Å². The van der Waals surface area contributed by atoms with Gasteiger partial charge < -0.3 is 40.1 Å². The summed E-state index contributed by atoms with van der Waals surface area (Å²) in [4.78, 5) is 53.7. The summed E-state index contributed by atoms with van der Waals surface area (Å²) in [5.41, 5.74) is 4.61. The van der Waals surface area contributed by atoms with Gasteiger partial charge in [-0.1, -0.05) is 56.3 Å². The number of halogens is 1. The fourth-order valence-electron chi connectivity index (χ4n) is 14.6. The summed E-state index contributed by atoms with van der Waals surface area (Å²) in [7, 11) is 1.97. The molecular formula is C61H70FN9O6. The van der Waals surface area contributed by atoms with Gasteiger partial charge in [0.1, 0.15) is 40.9 Å². The summed E-state index contributed by atoms with van der Waals surface area (Å²) in [6.07, 6.45) is 10.8. The zero-order valence-electron chi connectivity index (χ0n) is 44.4. The first-order valence-electron chi connectivity index (χ1n) is 28.2. The van der Waals surface area contributed by atoms with Crippen LogP contribution in [0.2, 0.25) is 0 Å². The number of likely N-dealkylation sites (tertiary alicyclic amines) is 1. The molecule has 6 fully saturated rings. The first-order chi connectivity index (χ1) is 37.2. The Morgan fingerprint density at radius 3 is 2.40 bits per heavy atom. The fraction of sp³-hybridized carbons (Fsp3) is 0.492. The van der Waals surface area contributed by atoms with Gasteiger partial charge in [-0.2, -0.15) is 9.97 Å². The summed E-state index contributed by atoms with van der Waals surface area (Å²) in [5, 5.41) is 37.7. The average molecular weight is 1040 g/mol. The van der Waals surface area contributed by atoms with Crippen LogP contribution < -0.4 is 15.0 Å². The topological polar surface area (TPSA) is 171 Å². The van der Waals surface area contributed by atoms with E-state index in [-0.39, 0.29) is 75.3 Å². The highest BCUT2D eigenvalue weighted by Gasteiger charge is 2.51. The number of phenols is 3. The molecule has 77 heavy (non-hydrogen) atoms. The average Bonchev–Trinajstić information content (AvgIpc) is 4.18. The van der Waals surface area contributed by atoms with Crippen molar-refractivity contribution in [1.29, 1.82) is 0 Å². The molecule has 4 aromatic carbocycles. The molecule has 2 amide bonds. The van der Waals surface area contributed by atoms with E-state index in [9.17, 15) is 24.9 Å². The molecule has 13 rings (SSSR count). The Hall–Kier alpha value is -6.62. The third kappa shape index (κ3) is 9.17. The van der Waals surface area contributed by atoms with Crippen molar-refractivity contribution in [3.05, 3.63) is 107 Å². The molecule has 6 aliphatic heterocycles. The third-order valence-electron chi connectivity index (χ3n) is 18.9. The summed E-state index contributed by atoms with van der Waals surface area (Å²) in [6.45, 7) is 10.7. The van der Waals surface area contributed by atoms with Crippen molar-refractivity contribution in [2.24, 2.45) is 17.8 Å². The van der Waals surface area contributed by atoms with Crippen LogP contribution >= 0.6 is 0 Å². The molecule has 15 nitrogen and oxygen atoms in total. The van der Waals surface area contributed by atoms with Gasteiger partial charge in [0.25, 0.3) is 5.91 Å². The predicted octanol–water partition coefficient (Wildman–Crippen LogP) is 8.70. The van der Waals surface area contributed by atoms with E-state index in [1.54, 1.807) is 29.3 Å². The molecule has 4 N–H and O–H groups in total. The van der Waals surface area contributed by atoms with E-state index in [2.05, 4.69) is 38.2 Å². The van der Waals surface area contributed by atoms with Crippen molar-refractivity contribution in [1.82, 2.24) is 39.9 Å². The lowest BCUT2D eigenvalue weighted by Gasteiger charge is -2.39. The molecule has 1 aliphatic carbocycles. The molecule has 6 aromatic rings. The molecule has 2 bridgehead atoms. The Morgan fingerprint density at radius 1 is 0.870 bits per heavy atom. The number of pyridine rings is 1. The molecule has 1 saturated carbocycles.